The van der Waals surface area contributed by atoms with Crippen molar-refractivity contribution in [1.82, 2.24) is 15.0 Å². The topological polar surface area (TPSA) is 123 Å². The van der Waals surface area contributed by atoms with E-state index in [1.54, 1.807) is 19.2 Å². The molecule has 144 valence electrons. The first-order chi connectivity index (χ1) is 13.3. The SMILES string of the molecule is CN1CC[C@@](O)(c2cc(-c3cccc(-c4sc(Br)nc4C(N)=O)c3)no2)C1=O. The average Bonchev–Trinajstić information content (AvgIpc) is 3.38. The number of thiazole rings is 1. The molecule has 1 fully saturated rings. The molecule has 0 unspecified atom stereocenters. The number of carbonyl (C=O) groups excluding carboxylic acids is 2. The second-order valence-corrected chi connectivity index (χ2v) is 8.78. The zero-order valence-electron chi connectivity index (χ0n) is 14.7. The molecule has 2 amide bonds. The number of nitrogens with zero attached hydrogens (tertiary/aromatic N) is 3. The molecule has 3 N–H and O–H groups in total. The van der Waals surface area contributed by atoms with E-state index in [1.807, 2.05) is 18.2 Å². The number of likely N-dealkylation sites (N-methyl/N-ethyl adjacent to an activating group) is 1. The summed E-state index contributed by atoms with van der Waals surface area (Å²) < 4.78 is 5.85. The van der Waals surface area contributed by atoms with Crippen LogP contribution >= 0.6 is 27.3 Å². The molecule has 1 saturated heterocycles. The van der Waals surface area contributed by atoms with Crippen molar-refractivity contribution in [3.63, 3.8) is 0 Å². The lowest BCUT2D eigenvalue weighted by Crippen LogP contribution is -2.35. The largest absolute Gasteiger partial charge is 0.373 e. The molecule has 1 aliphatic rings. The minimum Gasteiger partial charge on any atom is -0.373 e. The number of benzene rings is 1. The van der Waals surface area contributed by atoms with E-state index in [0.717, 1.165) is 5.56 Å². The van der Waals surface area contributed by atoms with E-state index in [4.69, 9.17) is 10.3 Å². The number of amides is 2. The lowest BCUT2D eigenvalue weighted by Gasteiger charge is -2.16. The monoisotopic (exact) mass is 462 g/mol. The summed E-state index contributed by atoms with van der Waals surface area (Å²) in [6.07, 6.45) is 0.244. The van der Waals surface area contributed by atoms with Crippen molar-refractivity contribution in [1.29, 1.82) is 0 Å². The maximum absolute atomic E-state index is 12.3. The second-order valence-electron chi connectivity index (χ2n) is 6.50. The van der Waals surface area contributed by atoms with Gasteiger partial charge in [0.25, 0.3) is 11.8 Å². The fraction of sp³-hybridized carbons (Fsp3) is 0.222. The summed E-state index contributed by atoms with van der Waals surface area (Å²) >= 11 is 4.57. The van der Waals surface area contributed by atoms with Gasteiger partial charge in [-0.3, -0.25) is 9.59 Å². The molecule has 10 heteroatoms. The minimum atomic E-state index is -1.70. The average molecular weight is 463 g/mol. The van der Waals surface area contributed by atoms with Gasteiger partial charge in [0.15, 0.2) is 9.68 Å². The Morgan fingerprint density at radius 2 is 2.14 bits per heavy atom. The van der Waals surface area contributed by atoms with Crippen molar-refractivity contribution in [2.24, 2.45) is 5.73 Å². The van der Waals surface area contributed by atoms with Crippen molar-refractivity contribution in [3.05, 3.63) is 45.7 Å². The Balaban J connectivity index is 1.71. The summed E-state index contributed by atoms with van der Waals surface area (Å²) in [4.78, 5) is 30.1. The number of aliphatic hydroxyl groups is 1. The third-order valence-electron chi connectivity index (χ3n) is 4.68. The summed E-state index contributed by atoms with van der Waals surface area (Å²) in [5.74, 6) is -0.915. The molecular formula is C18H15BrN4O4S. The normalized spacial score (nSPS) is 19.4. The van der Waals surface area contributed by atoms with E-state index in [2.05, 4.69) is 26.1 Å². The number of hydrogen-bond acceptors (Lipinski definition) is 7. The highest BCUT2D eigenvalue weighted by atomic mass is 79.9. The van der Waals surface area contributed by atoms with Crippen LogP contribution in [-0.2, 0) is 10.4 Å². The standard InChI is InChI=1S/C18H15BrN4O4S/c1-23-6-5-18(26,16(23)25)12-8-11(22-27-12)9-3-2-4-10(7-9)14-13(15(20)24)21-17(19)28-14/h2-4,7-8,26H,5-6H2,1H3,(H2,20,24)/t18-/m1/s1. The van der Waals surface area contributed by atoms with E-state index < -0.39 is 17.4 Å². The van der Waals surface area contributed by atoms with Crippen molar-refractivity contribution in [3.8, 4) is 21.7 Å². The van der Waals surface area contributed by atoms with Crippen LogP contribution in [0.2, 0.25) is 0 Å². The summed E-state index contributed by atoms with van der Waals surface area (Å²) in [5, 5.41) is 14.7. The third-order valence-corrected chi connectivity index (χ3v) is 6.24. The Labute approximate surface area is 172 Å². The van der Waals surface area contributed by atoms with E-state index >= 15 is 0 Å². The second kappa shape index (κ2) is 6.80. The number of nitrogens with two attached hydrogens (primary N) is 1. The van der Waals surface area contributed by atoms with Crippen molar-refractivity contribution < 1.29 is 19.2 Å². The number of likely N-dealkylation sites (tertiary alicyclic amines) is 1. The van der Waals surface area contributed by atoms with Gasteiger partial charge in [0.05, 0.1) is 4.88 Å². The van der Waals surface area contributed by atoms with Crippen LogP contribution in [0.3, 0.4) is 0 Å². The number of hydrogen-bond donors (Lipinski definition) is 2. The van der Waals surface area contributed by atoms with Gasteiger partial charge in [-0.25, -0.2) is 4.98 Å². The van der Waals surface area contributed by atoms with Gasteiger partial charge >= 0.3 is 0 Å². The van der Waals surface area contributed by atoms with Crippen LogP contribution in [0, 0.1) is 0 Å². The van der Waals surface area contributed by atoms with Crippen molar-refractivity contribution in [2.45, 2.75) is 12.0 Å². The Hall–Kier alpha value is -2.56. The lowest BCUT2D eigenvalue weighted by atomic mass is 9.98. The van der Waals surface area contributed by atoms with Crippen LogP contribution in [-0.4, -0.2) is 45.6 Å². The van der Waals surface area contributed by atoms with Gasteiger partial charge in [0, 0.05) is 31.6 Å². The molecule has 0 bridgehead atoms. The first-order valence-electron chi connectivity index (χ1n) is 8.31. The molecule has 3 aromatic rings. The lowest BCUT2D eigenvalue weighted by molar-refractivity contribution is -0.144. The molecular weight excluding hydrogens is 448 g/mol. The molecule has 0 aliphatic carbocycles. The predicted octanol–water partition coefficient (Wildman–Crippen LogP) is 2.38. The summed E-state index contributed by atoms with van der Waals surface area (Å²) in [6, 6.07) is 8.84. The molecule has 0 radical (unpaired) electrons. The van der Waals surface area contributed by atoms with E-state index in [0.29, 0.717) is 26.6 Å². The Kier molecular flexibility index (Phi) is 4.56. The molecule has 1 aliphatic heterocycles. The molecule has 1 atom stereocenters. The van der Waals surface area contributed by atoms with Gasteiger partial charge < -0.3 is 20.3 Å². The maximum Gasteiger partial charge on any atom is 0.268 e. The number of primary amides is 1. The van der Waals surface area contributed by atoms with Gasteiger partial charge in [-0.05, 0) is 27.6 Å². The van der Waals surface area contributed by atoms with Gasteiger partial charge in [-0.2, -0.15) is 0 Å². The fourth-order valence-corrected chi connectivity index (χ4v) is 4.62. The first kappa shape index (κ1) is 18.8. The van der Waals surface area contributed by atoms with Gasteiger partial charge in [-0.1, -0.05) is 23.4 Å². The zero-order chi connectivity index (χ0) is 20.1. The third kappa shape index (κ3) is 3.03. The van der Waals surface area contributed by atoms with Gasteiger partial charge in [-0.15, -0.1) is 11.3 Å². The fourth-order valence-electron chi connectivity index (χ4n) is 3.16. The van der Waals surface area contributed by atoms with Crippen molar-refractivity contribution >= 4 is 39.1 Å². The summed E-state index contributed by atoms with van der Waals surface area (Å²) in [5.41, 5.74) is 5.83. The smallest absolute Gasteiger partial charge is 0.268 e. The van der Waals surface area contributed by atoms with Crippen LogP contribution in [0.25, 0.3) is 21.7 Å². The van der Waals surface area contributed by atoms with Crippen LogP contribution in [0.1, 0.15) is 22.7 Å². The molecule has 3 heterocycles. The number of aromatic nitrogens is 2. The zero-order valence-corrected chi connectivity index (χ0v) is 17.1. The summed E-state index contributed by atoms with van der Waals surface area (Å²) in [6.45, 7) is 0.441. The van der Waals surface area contributed by atoms with Crippen LogP contribution in [0.4, 0.5) is 0 Å². The Morgan fingerprint density at radius 3 is 2.82 bits per heavy atom. The highest BCUT2D eigenvalue weighted by Crippen LogP contribution is 2.37. The number of halogens is 1. The molecule has 1 aromatic carbocycles. The molecule has 28 heavy (non-hydrogen) atoms. The number of carbonyl (C=O) groups is 2. The van der Waals surface area contributed by atoms with Gasteiger partial charge in [0.1, 0.15) is 11.4 Å². The van der Waals surface area contributed by atoms with Crippen molar-refractivity contribution in [2.75, 3.05) is 13.6 Å². The molecule has 2 aromatic heterocycles. The summed E-state index contributed by atoms with van der Waals surface area (Å²) in [7, 11) is 1.63. The maximum atomic E-state index is 12.3. The Morgan fingerprint density at radius 1 is 1.39 bits per heavy atom. The van der Waals surface area contributed by atoms with Crippen LogP contribution < -0.4 is 5.73 Å². The molecule has 0 saturated carbocycles. The first-order valence-corrected chi connectivity index (χ1v) is 9.92. The molecule has 8 nitrogen and oxygen atoms in total. The quantitative estimate of drug-likeness (QED) is 0.613. The highest BCUT2D eigenvalue weighted by molar-refractivity contribution is 9.11. The predicted molar refractivity (Wildman–Crippen MR) is 105 cm³/mol. The van der Waals surface area contributed by atoms with E-state index in [1.165, 1.54) is 16.2 Å². The van der Waals surface area contributed by atoms with E-state index in [-0.39, 0.29) is 17.9 Å². The van der Waals surface area contributed by atoms with Crippen LogP contribution in [0.15, 0.2) is 38.8 Å². The van der Waals surface area contributed by atoms with Gasteiger partial charge in [0.2, 0.25) is 5.60 Å². The Bertz CT molecular complexity index is 1090. The molecule has 4 rings (SSSR count). The number of rotatable bonds is 4. The highest BCUT2D eigenvalue weighted by Gasteiger charge is 2.48. The minimum absolute atomic E-state index is 0.112. The molecule has 0 spiro atoms. The van der Waals surface area contributed by atoms with E-state index in [9.17, 15) is 14.7 Å². The van der Waals surface area contributed by atoms with Crippen LogP contribution in [0.5, 0.6) is 0 Å².